The zero-order valence-electron chi connectivity index (χ0n) is 10.2. The van der Waals surface area contributed by atoms with E-state index in [1.807, 2.05) is 11.6 Å². The lowest BCUT2D eigenvalue weighted by Gasteiger charge is -2.08. The number of aromatic nitrogens is 2. The summed E-state index contributed by atoms with van der Waals surface area (Å²) in [5.41, 5.74) is 2.31. The number of fused-ring (bicyclic) bond motifs is 1. The summed E-state index contributed by atoms with van der Waals surface area (Å²) in [6.45, 7) is 4.19. The van der Waals surface area contributed by atoms with Crippen LogP contribution in [0.3, 0.4) is 0 Å². The molecule has 0 radical (unpaired) electrons. The minimum Gasteiger partial charge on any atom is -0.353 e. The van der Waals surface area contributed by atoms with Crippen LogP contribution in [-0.2, 0) is 0 Å². The van der Waals surface area contributed by atoms with Gasteiger partial charge in [-0.3, -0.25) is 0 Å². The standard InChI is InChI=1S/C13H13N3S2/c1-8-3-4-11-10(7-8)16-13(18-11)15-9(2)12-14-5-6-17-12/h3-7,9H,1-2H3,(H,15,16). The fraction of sp³-hybridized carbons (Fsp3) is 0.231. The van der Waals surface area contributed by atoms with Gasteiger partial charge >= 0.3 is 0 Å². The zero-order chi connectivity index (χ0) is 12.5. The van der Waals surface area contributed by atoms with Gasteiger partial charge < -0.3 is 5.32 Å². The van der Waals surface area contributed by atoms with Crippen LogP contribution in [0.1, 0.15) is 23.5 Å². The maximum atomic E-state index is 4.61. The Labute approximate surface area is 114 Å². The third kappa shape index (κ3) is 2.23. The molecular formula is C13H13N3S2. The van der Waals surface area contributed by atoms with Crippen molar-refractivity contribution >= 4 is 38.0 Å². The Morgan fingerprint density at radius 1 is 1.33 bits per heavy atom. The first-order valence-corrected chi connectivity index (χ1v) is 7.45. The van der Waals surface area contributed by atoms with Crippen molar-refractivity contribution in [2.45, 2.75) is 19.9 Å². The number of benzene rings is 1. The first-order valence-electron chi connectivity index (χ1n) is 5.75. The van der Waals surface area contributed by atoms with Crippen molar-refractivity contribution in [2.24, 2.45) is 0 Å². The Hall–Kier alpha value is -1.46. The Morgan fingerprint density at radius 2 is 2.22 bits per heavy atom. The second-order valence-electron chi connectivity index (χ2n) is 4.23. The zero-order valence-corrected chi connectivity index (χ0v) is 11.8. The summed E-state index contributed by atoms with van der Waals surface area (Å²) in [5.74, 6) is 0. The van der Waals surface area contributed by atoms with E-state index in [1.54, 1.807) is 22.7 Å². The summed E-state index contributed by atoms with van der Waals surface area (Å²) < 4.78 is 1.22. The molecule has 0 aliphatic heterocycles. The molecule has 2 aromatic heterocycles. The van der Waals surface area contributed by atoms with Gasteiger partial charge in [-0.15, -0.1) is 11.3 Å². The van der Waals surface area contributed by atoms with Gasteiger partial charge in [0.15, 0.2) is 5.13 Å². The van der Waals surface area contributed by atoms with Crippen molar-refractivity contribution in [2.75, 3.05) is 5.32 Å². The first-order chi connectivity index (χ1) is 8.72. The van der Waals surface area contributed by atoms with Crippen molar-refractivity contribution in [3.8, 4) is 0 Å². The highest BCUT2D eigenvalue weighted by atomic mass is 32.1. The van der Waals surface area contributed by atoms with E-state index in [1.165, 1.54) is 10.3 Å². The van der Waals surface area contributed by atoms with E-state index in [4.69, 9.17) is 0 Å². The molecule has 1 N–H and O–H groups in total. The molecule has 3 rings (SSSR count). The van der Waals surface area contributed by atoms with Crippen LogP contribution in [0, 0.1) is 6.92 Å². The highest BCUT2D eigenvalue weighted by Crippen LogP contribution is 2.29. The minimum atomic E-state index is 0.201. The van der Waals surface area contributed by atoms with Crippen LogP contribution >= 0.6 is 22.7 Å². The number of hydrogen-bond donors (Lipinski definition) is 1. The quantitative estimate of drug-likeness (QED) is 0.777. The maximum Gasteiger partial charge on any atom is 0.184 e. The van der Waals surface area contributed by atoms with Crippen LogP contribution in [0.25, 0.3) is 10.2 Å². The van der Waals surface area contributed by atoms with Gasteiger partial charge in [-0.2, -0.15) is 0 Å². The summed E-state index contributed by atoms with van der Waals surface area (Å²) in [7, 11) is 0. The average Bonchev–Trinajstić information content (AvgIpc) is 2.95. The Kier molecular flexibility index (Phi) is 3.01. The average molecular weight is 275 g/mol. The molecule has 1 aromatic carbocycles. The van der Waals surface area contributed by atoms with Crippen LogP contribution in [0.15, 0.2) is 29.8 Å². The van der Waals surface area contributed by atoms with Gasteiger partial charge in [0.25, 0.3) is 0 Å². The number of anilines is 1. The molecular weight excluding hydrogens is 262 g/mol. The topological polar surface area (TPSA) is 37.8 Å². The van der Waals surface area contributed by atoms with Crippen molar-refractivity contribution in [1.82, 2.24) is 9.97 Å². The molecule has 1 unspecified atom stereocenters. The van der Waals surface area contributed by atoms with Crippen LogP contribution in [0.5, 0.6) is 0 Å². The third-order valence-corrected chi connectivity index (χ3v) is 4.63. The van der Waals surface area contributed by atoms with Gasteiger partial charge in [-0.05, 0) is 31.5 Å². The molecule has 0 saturated heterocycles. The Balaban J connectivity index is 1.86. The summed E-state index contributed by atoms with van der Waals surface area (Å²) in [4.78, 5) is 8.92. The molecule has 0 amide bonds. The molecule has 0 aliphatic carbocycles. The molecule has 0 bridgehead atoms. The van der Waals surface area contributed by atoms with Crippen LogP contribution in [0.2, 0.25) is 0 Å². The van der Waals surface area contributed by atoms with Crippen molar-refractivity contribution in [3.63, 3.8) is 0 Å². The lowest BCUT2D eigenvalue weighted by molar-refractivity contribution is 0.868. The number of rotatable bonds is 3. The molecule has 2 heterocycles. The molecule has 3 aromatic rings. The molecule has 3 nitrogen and oxygen atoms in total. The largest absolute Gasteiger partial charge is 0.353 e. The molecule has 0 spiro atoms. The van der Waals surface area contributed by atoms with Gasteiger partial charge in [0.2, 0.25) is 0 Å². The monoisotopic (exact) mass is 275 g/mol. The lowest BCUT2D eigenvalue weighted by Crippen LogP contribution is -2.05. The normalized spacial score (nSPS) is 12.8. The Bertz CT molecular complexity index is 658. The number of hydrogen-bond acceptors (Lipinski definition) is 5. The van der Waals surface area contributed by atoms with Gasteiger partial charge in [-0.1, -0.05) is 17.4 Å². The summed E-state index contributed by atoms with van der Waals surface area (Å²) in [6, 6.07) is 6.56. The van der Waals surface area contributed by atoms with Crippen LogP contribution in [-0.4, -0.2) is 9.97 Å². The van der Waals surface area contributed by atoms with E-state index in [0.717, 1.165) is 15.7 Å². The van der Waals surface area contributed by atoms with Crippen molar-refractivity contribution in [3.05, 3.63) is 40.3 Å². The summed E-state index contributed by atoms with van der Waals surface area (Å²) >= 11 is 3.35. The highest BCUT2D eigenvalue weighted by molar-refractivity contribution is 7.22. The van der Waals surface area contributed by atoms with Crippen LogP contribution < -0.4 is 5.32 Å². The molecule has 0 fully saturated rings. The SMILES string of the molecule is Cc1ccc2sc(NC(C)c3nccs3)nc2c1. The van der Waals surface area contributed by atoms with E-state index in [0.29, 0.717) is 0 Å². The molecule has 0 saturated carbocycles. The molecule has 1 atom stereocenters. The highest BCUT2D eigenvalue weighted by Gasteiger charge is 2.10. The number of nitrogens with one attached hydrogen (secondary N) is 1. The molecule has 0 aliphatic rings. The van der Waals surface area contributed by atoms with Crippen molar-refractivity contribution in [1.29, 1.82) is 0 Å². The second kappa shape index (κ2) is 4.66. The predicted molar refractivity (Wildman–Crippen MR) is 78.5 cm³/mol. The second-order valence-corrected chi connectivity index (χ2v) is 6.18. The molecule has 92 valence electrons. The van der Waals surface area contributed by atoms with Gasteiger partial charge in [0.1, 0.15) is 5.01 Å². The third-order valence-electron chi connectivity index (χ3n) is 2.70. The smallest absolute Gasteiger partial charge is 0.184 e. The predicted octanol–water partition coefficient (Wildman–Crippen LogP) is 4.23. The summed E-state index contributed by atoms with van der Waals surface area (Å²) in [5, 5.41) is 7.45. The first kappa shape index (κ1) is 11.6. The number of thiazole rings is 2. The van der Waals surface area contributed by atoms with E-state index >= 15 is 0 Å². The van der Waals surface area contributed by atoms with Gasteiger partial charge in [0.05, 0.1) is 16.3 Å². The lowest BCUT2D eigenvalue weighted by atomic mass is 10.2. The van der Waals surface area contributed by atoms with E-state index in [-0.39, 0.29) is 6.04 Å². The molecule has 18 heavy (non-hydrogen) atoms. The van der Waals surface area contributed by atoms with Gasteiger partial charge in [0, 0.05) is 11.6 Å². The van der Waals surface area contributed by atoms with E-state index in [2.05, 4.69) is 47.3 Å². The maximum absolute atomic E-state index is 4.61. The van der Waals surface area contributed by atoms with E-state index < -0.39 is 0 Å². The van der Waals surface area contributed by atoms with Gasteiger partial charge in [-0.25, -0.2) is 9.97 Å². The number of aryl methyl sites for hydroxylation is 1. The van der Waals surface area contributed by atoms with Crippen LogP contribution in [0.4, 0.5) is 5.13 Å². The summed E-state index contributed by atoms with van der Waals surface area (Å²) in [6.07, 6.45) is 1.83. The minimum absolute atomic E-state index is 0.201. The fourth-order valence-electron chi connectivity index (χ4n) is 1.79. The van der Waals surface area contributed by atoms with Crippen molar-refractivity contribution < 1.29 is 0 Å². The van der Waals surface area contributed by atoms with E-state index in [9.17, 15) is 0 Å². The number of nitrogens with zero attached hydrogens (tertiary/aromatic N) is 2. The Morgan fingerprint density at radius 3 is 3.00 bits per heavy atom. The fourth-order valence-corrected chi connectivity index (χ4v) is 3.37. The molecule has 5 heteroatoms.